The van der Waals surface area contributed by atoms with Crippen LogP contribution in [0, 0.1) is 5.82 Å². The summed E-state index contributed by atoms with van der Waals surface area (Å²) in [5.74, 6) is 0.334. The highest BCUT2D eigenvalue weighted by molar-refractivity contribution is 9.10. The number of anilines is 1. The van der Waals surface area contributed by atoms with Crippen LogP contribution in [0.3, 0.4) is 0 Å². The number of sulfonamides is 1. The Morgan fingerprint density at radius 3 is 2.65 bits per heavy atom. The van der Waals surface area contributed by atoms with Gasteiger partial charge in [-0.15, -0.1) is 0 Å². The van der Waals surface area contributed by atoms with E-state index in [1.54, 1.807) is 6.07 Å². The van der Waals surface area contributed by atoms with Crippen LogP contribution in [-0.4, -0.2) is 43.1 Å². The van der Waals surface area contributed by atoms with Crippen molar-refractivity contribution in [2.45, 2.75) is 18.9 Å². The molecule has 0 atom stereocenters. The average Bonchev–Trinajstić information content (AvgIpc) is 2.48. The zero-order valence-electron chi connectivity index (χ0n) is 12.6. The highest BCUT2D eigenvalue weighted by Gasteiger charge is 2.24. The summed E-state index contributed by atoms with van der Waals surface area (Å²) in [6.07, 6.45) is 2.68. The normalized spacial score (nSPS) is 17.5. The largest absolute Gasteiger partial charge is 0.367 e. The van der Waals surface area contributed by atoms with E-state index >= 15 is 0 Å². The van der Waals surface area contributed by atoms with E-state index in [1.807, 2.05) is 12.1 Å². The smallest absolute Gasteiger partial charge is 0.211 e. The molecule has 2 heterocycles. The van der Waals surface area contributed by atoms with E-state index in [0.29, 0.717) is 28.9 Å². The van der Waals surface area contributed by atoms with Crippen LogP contribution in [0.15, 0.2) is 28.7 Å². The Morgan fingerprint density at radius 1 is 1.30 bits per heavy atom. The first-order chi connectivity index (χ1) is 10.8. The average molecular weight is 402 g/mol. The van der Waals surface area contributed by atoms with Gasteiger partial charge in [-0.2, -0.15) is 0 Å². The van der Waals surface area contributed by atoms with Crippen molar-refractivity contribution in [3.05, 3.63) is 34.6 Å². The number of rotatable bonds is 3. The van der Waals surface area contributed by atoms with E-state index in [-0.39, 0.29) is 11.9 Å². The summed E-state index contributed by atoms with van der Waals surface area (Å²) >= 11 is 3.16. The van der Waals surface area contributed by atoms with Crippen LogP contribution in [0.4, 0.5) is 10.2 Å². The first kappa shape index (κ1) is 16.6. The topological polar surface area (TPSA) is 62.3 Å². The molecule has 1 N–H and O–H groups in total. The Balaban J connectivity index is 1.72. The standard InChI is InChI=1S/C15H17BrFN3O2S/c1-23(21,22)20-6-4-11(5-7-20)18-15-3-2-10-8-12(16)13(17)9-14(10)19-15/h2-3,8-9,11H,4-7H2,1H3,(H,18,19). The van der Waals surface area contributed by atoms with Gasteiger partial charge in [0.15, 0.2) is 0 Å². The third-order valence-corrected chi connectivity index (χ3v) is 5.92. The molecule has 0 radical (unpaired) electrons. The minimum absolute atomic E-state index is 0.165. The minimum Gasteiger partial charge on any atom is -0.367 e. The van der Waals surface area contributed by atoms with Crippen molar-refractivity contribution in [2.24, 2.45) is 0 Å². The molecule has 8 heteroatoms. The van der Waals surface area contributed by atoms with Gasteiger partial charge < -0.3 is 5.32 Å². The molecule has 124 valence electrons. The summed E-state index contributed by atoms with van der Waals surface area (Å²) in [5, 5.41) is 4.17. The lowest BCUT2D eigenvalue weighted by Crippen LogP contribution is -2.41. The molecule has 1 saturated heterocycles. The lowest BCUT2D eigenvalue weighted by atomic mass is 10.1. The molecule has 0 spiro atoms. The van der Waals surface area contributed by atoms with Gasteiger partial charge in [-0.25, -0.2) is 22.1 Å². The maximum atomic E-state index is 13.6. The quantitative estimate of drug-likeness (QED) is 0.858. The highest BCUT2D eigenvalue weighted by Crippen LogP contribution is 2.24. The van der Waals surface area contributed by atoms with Crippen LogP contribution in [0.5, 0.6) is 0 Å². The number of hydrogen-bond acceptors (Lipinski definition) is 4. The number of halogens is 2. The van der Waals surface area contributed by atoms with Gasteiger partial charge in [0.2, 0.25) is 10.0 Å². The molecule has 1 aromatic carbocycles. The Morgan fingerprint density at radius 2 is 2.00 bits per heavy atom. The van der Waals surface area contributed by atoms with Crippen LogP contribution >= 0.6 is 15.9 Å². The molecule has 1 fully saturated rings. The van der Waals surface area contributed by atoms with Crippen molar-refractivity contribution < 1.29 is 12.8 Å². The Bertz CT molecular complexity index is 836. The second kappa shape index (κ2) is 6.33. The number of nitrogens with zero attached hydrogens (tertiary/aromatic N) is 2. The maximum absolute atomic E-state index is 13.6. The van der Waals surface area contributed by atoms with E-state index in [9.17, 15) is 12.8 Å². The van der Waals surface area contributed by atoms with Gasteiger partial charge in [0, 0.05) is 30.6 Å². The van der Waals surface area contributed by atoms with Crippen molar-refractivity contribution in [2.75, 3.05) is 24.7 Å². The fourth-order valence-corrected chi connectivity index (χ4v) is 3.97. The lowest BCUT2D eigenvalue weighted by Gasteiger charge is -2.30. The fraction of sp³-hybridized carbons (Fsp3) is 0.400. The van der Waals surface area contributed by atoms with E-state index in [2.05, 4.69) is 26.2 Å². The highest BCUT2D eigenvalue weighted by atomic mass is 79.9. The number of piperidine rings is 1. The predicted molar refractivity (Wildman–Crippen MR) is 92.5 cm³/mol. The maximum Gasteiger partial charge on any atom is 0.211 e. The van der Waals surface area contributed by atoms with Crippen LogP contribution in [-0.2, 0) is 10.0 Å². The fourth-order valence-electron chi connectivity index (χ4n) is 2.74. The van der Waals surface area contributed by atoms with Crippen molar-refractivity contribution in [1.29, 1.82) is 0 Å². The molecule has 0 amide bonds. The first-order valence-electron chi connectivity index (χ1n) is 7.30. The molecule has 0 aliphatic carbocycles. The monoisotopic (exact) mass is 401 g/mol. The minimum atomic E-state index is -3.12. The van der Waals surface area contributed by atoms with E-state index in [1.165, 1.54) is 16.6 Å². The van der Waals surface area contributed by atoms with E-state index < -0.39 is 10.0 Å². The molecule has 0 unspecified atom stereocenters. The second-order valence-electron chi connectivity index (χ2n) is 5.74. The summed E-state index contributed by atoms with van der Waals surface area (Å²) in [6.45, 7) is 1.01. The molecule has 0 saturated carbocycles. The SMILES string of the molecule is CS(=O)(=O)N1CCC(Nc2ccc3cc(Br)c(F)cc3n2)CC1. The Hall–Kier alpha value is -1.25. The molecular formula is C15H17BrFN3O2S. The van der Waals surface area contributed by atoms with Crippen molar-refractivity contribution in [3.63, 3.8) is 0 Å². The molecule has 5 nitrogen and oxygen atoms in total. The van der Waals surface area contributed by atoms with Crippen LogP contribution in [0.1, 0.15) is 12.8 Å². The van der Waals surface area contributed by atoms with Gasteiger partial charge in [-0.05, 0) is 47.0 Å². The lowest BCUT2D eigenvalue weighted by molar-refractivity contribution is 0.331. The summed E-state index contributed by atoms with van der Waals surface area (Å²) in [7, 11) is -3.12. The molecule has 0 bridgehead atoms. The van der Waals surface area contributed by atoms with Gasteiger partial charge in [-0.1, -0.05) is 0 Å². The molecule has 1 aliphatic rings. The number of nitrogens with one attached hydrogen (secondary N) is 1. The number of hydrogen-bond donors (Lipinski definition) is 1. The summed E-state index contributed by atoms with van der Waals surface area (Å²) in [5.41, 5.74) is 0.587. The Kier molecular flexibility index (Phi) is 4.57. The number of aromatic nitrogens is 1. The summed E-state index contributed by atoms with van der Waals surface area (Å²) in [6, 6.07) is 7.01. The number of fused-ring (bicyclic) bond motifs is 1. The number of benzene rings is 1. The molecule has 23 heavy (non-hydrogen) atoms. The molecule has 2 aromatic rings. The van der Waals surface area contributed by atoms with Gasteiger partial charge >= 0.3 is 0 Å². The molecule has 1 aliphatic heterocycles. The zero-order valence-corrected chi connectivity index (χ0v) is 15.0. The zero-order chi connectivity index (χ0) is 16.6. The predicted octanol–water partition coefficient (Wildman–Crippen LogP) is 2.97. The van der Waals surface area contributed by atoms with E-state index in [4.69, 9.17) is 0 Å². The third-order valence-electron chi connectivity index (χ3n) is 4.01. The van der Waals surface area contributed by atoms with Gasteiger partial charge in [0.05, 0.1) is 16.2 Å². The molecular weight excluding hydrogens is 385 g/mol. The summed E-state index contributed by atoms with van der Waals surface area (Å²) in [4.78, 5) is 4.44. The third kappa shape index (κ3) is 3.81. The van der Waals surface area contributed by atoms with Gasteiger partial charge in [0.1, 0.15) is 11.6 Å². The Labute approximate surface area is 143 Å². The van der Waals surface area contributed by atoms with Crippen LogP contribution in [0.2, 0.25) is 0 Å². The first-order valence-corrected chi connectivity index (χ1v) is 9.94. The van der Waals surface area contributed by atoms with Crippen molar-refractivity contribution >= 4 is 42.7 Å². The van der Waals surface area contributed by atoms with Gasteiger partial charge in [-0.3, -0.25) is 0 Å². The second-order valence-corrected chi connectivity index (χ2v) is 8.57. The van der Waals surface area contributed by atoms with Crippen LogP contribution < -0.4 is 5.32 Å². The van der Waals surface area contributed by atoms with Gasteiger partial charge in [0.25, 0.3) is 0 Å². The van der Waals surface area contributed by atoms with E-state index in [0.717, 1.165) is 18.2 Å². The summed E-state index contributed by atoms with van der Waals surface area (Å²) < 4.78 is 38.6. The van der Waals surface area contributed by atoms with Crippen LogP contribution in [0.25, 0.3) is 10.9 Å². The van der Waals surface area contributed by atoms with Crippen molar-refractivity contribution in [1.82, 2.24) is 9.29 Å². The van der Waals surface area contributed by atoms with Crippen molar-refractivity contribution in [3.8, 4) is 0 Å². The number of pyridine rings is 1. The molecule has 1 aromatic heterocycles. The molecule has 3 rings (SSSR count).